The number of fused-ring (bicyclic) bond motifs is 1. The average Bonchev–Trinajstić information content (AvgIpc) is 3.91. The first kappa shape index (κ1) is 26.5. The van der Waals surface area contributed by atoms with Gasteiger partial charge < -0.3 is 30.6 Å². The van der Waals surface area contributed by atoms with Gasteiger partial charge in [0.25, 0.3) is 0 Å². The molecule has 2 aliphatic rings. The smallest absolute Gasteiger partial charge is 0.240 e. The minimum atomic E-state index is -1.21. The molecule has 2 saturated carbocycles. The Morgan fingerprint density at radius 1 is 0.927 bits per heavy atom. The second-order valence-electron chi connectivity index (χ2n) is 10.5. The molecule has 0 unspecified atom stereocenters. The summed E-state index contributed by atoms with van der Waals surface area (Å²) in [5, 5.41) is 5.97. The second-order valence-corrected chi connectivity index (χ2v) is 10.5. The molecule has 0 spiro atoms. The lowest BCUT2D eigenvalue weighted by molar-refractivity contribution is -0.131. The van der Waals surface area contributed by atoms with Gasteiger partial charge in [0.2, 0.25) is 11.8 Å². The van der Waals surface area contributed by atoms with Gasteiger partial charge in [-0.25, -0.2) is 4.39 Å². The van der Waals surface area contributed by atoms with Gasteiger partial charge in [0, 0.05) is 35.6 Å². The number of hydrogen-bond acceptors (Lipinski definition) is 8. The quantitative estimate of drug-likeness (QED) is 0.237. The van der Waals surface area contributed by atoms with E-state index in [0.717, 1.165) is 18.9 Å². The monoisotopic (exact) mass is 557 g/mol. The number of nitrogens with one attached hydrogen (secondary N) is 2. The lowest BCUT2D eigenvalue weighted by atomic mass is 10.0. The van der Waals surface area contributed by atoms with E-state index in [4.69, 9.17) is 19.9 Å². The van der Waals surface area contributed by atoms with E-state index in [0.29, 0.717) is 53.3 Å². The van der Waals surface area contributed by atoms with Gasteiger partial charge in [-0.15, -0.1) is 0 Å². The van der Waals surface area contributed by atoms with Crippen LogP contribution in [-0.2, 0) is 9.59 Å². The van der Waals surface area contributed by atoms with Crippen molar-refractivity contribution in [1.29, 1.82) is 0 Å². The number of amides is 2. The van der Waals surface area contributed by atoms with Gasteiger partial charge >= 0.3 is 0 Å². The molecule has 210 valence electrons. The molecule has 0 aliphatic heterocycles. The lowest BCUT2D eigenvalue weighted by Gasteiger charge is -2.17. The first-order chi connectivity index (χ1) is 19.8. The molecule has 2 aliphatic carbocycles. The molecule has 0 saturated heterocycles. The molecule has 4 aromatic rings. The first-order valence-corrected chi connectivity index (χ1v) is 13.2. The van der Waals surface area contributed by atoms with Crippen LogP contribution < -0.4 is 30.6 Å². The summed E-state index contributed by atoms with van der Waals surface area (Å²) in [7, 11) is 1.53. The fraction of sp³-hybridized carbons (Fsp3) is 0.267. The van der Waals surface area contributed by atoms with Gasteiger partial charge in [-0.1, -0.05) is 0 Å². The Labute approximate surface area is 235 Å². The Balaban J connectivity index is 1.16. The number of nitrogens with two attached hydrogens (primary N) is 1. The summed E-state index contributed by atoms with van der Waals surface area (Å²) in [5.41, 5.74) is 5.92. The molecule has 6 rings (SSSR count). The maximum Gasteiger partial charge on any atom is 0.240 e. The summed E-state index contributed by atoms with van der Waals surface area (Å²) >= 11 is 0. The molecule has 2 fully saturated rings. The van der Waals surface area contributed by atoms with Crippen LogP contribution >= 0.6 is 0 Å². The molecule has 0 radical (unpaired) electrons. The van der Waals surface area contributed by atoms with Gasteiger partial charge in [-0.05, 0) is 62.1 Å². The fourth-order valence-corrected chi connectivity index (χ4v) is 4.42. The number of rotatable bonds is 10. The van der Waals surface area contributed by atoms with E-state index in [1.54, 1.807) is 42.7 Å². The lowest BCUT2D eigenvalue weighted by Crippen LogP contribution is -2.35. The van der Waals surface area contributed by atoms with Crippen LogP contribution in [0, 0.1) is 11.2 Å². The fourth-order valence-electron chi connectivity index (χ4n) is 4.42. The third kappa shape index (κ3) is 5.48. The van der Waals surface area contributed by atoms with E-state index in [1.165, 1.54) is 25.4 Å². The van der Waals surface area contributed by atoms with Gasteiger partial charge in [0.05, 0.1) is 30.0 Å². The zero-order valence-electron chi connectivity index (χ0n) is 22.3. The number of ether oxygens (including phenoxy) is 3. The number of aromatic nitrogens is 2. The molecule has 10 nitrogen and oxygen atoms in total. The molecule has 4 N–H and O–H groups in total. The summed E-state index contributed by atoms with van der Waals surface area (Å²) in [6.07, 6.45) is 7.26. The van der Waals surface area contributed by atoms with Crippen molar-refractivity contribution in [2.75, 3.05) is 24.4 Å². The summed E-state index contributed by atoms with van der Waals surface area (Å²) in [6.45, 7) is 0.370. The number of pyridine rings is 2. The van der Waals surface area contributed by atoms with Crippen molar-refractivity contribution >= 4 is 34.1 Å². The Morgan fingerprint density at radius 2 is 1.71 bits per heavy atom. The number of benzene rings is 2. The van der Waals surface area contributed by atoms with E-state index in [-0.39, 0.29) is 17.0 Å². The number of halogens is 1. The van der Waals surface area contributed by atoms with Crippen molar-refractivity contribution in [3.05, 3.63) is 72.9 Å². The molecule has 2 heterocycles. The minimum Gasteiger partial charge on any atom is -0.493 e. The van der Waals surface area contributed by atoms with Crippen LogP contribution in [0.5, 0.6) is 23.0 Å². The van der Waals surface area contributed by atoms with E-state index in [2.05, 4.69) is 20.6 Å². The van der Waals surface area contributed by atoms with Crippen LogP contribution in [0.25, 0.3) is 10.9 Å². The predicted octanol–water partition coefficient (Wildman–Crippen LogP) is 4.80. The Bertz CT molecular complexity index is 1640. The molecule has 0 bridgehead atoms. The van der Waals surface area contributed by atoms with Crippen LogP contribution in [0.1, 0.15) is 25.7 Å². The predicted molar refractivity (Wildman–Crippen MR) is 150 cm³/mol. The van der Waals surface area contributed by atoms with E-state index in [9.17, 15) is 9.59 Å². The largest absolute Gasteiger partial charge is 0.493 e. The van der Waals surface area contributed by atoms with Crippen molar-refractivity contribution in [2.45, 2.75) is 31.2 Å². The molecule has 41 heavy (non-hydrogen) atoms. The minimum absolute atomic E-state index is 0.0518. The third-order valence-electron chi connectivity index (χ3n) is 7.34. The maximum absolute atomic E-state index is 15.1. The topological polar surface area (TPSA) is 138 Å². The summed E-state index contributed by atoms with van der Waals surface area (Å²) in [5.74, 6) is -0.329. The number of hydrogen-bond donors (Lipinski definition) is 3. The Morgan fingerprint density at radius 3 is 2.37 bits per heavy atom. The normalized spacial score (nSPS) is 16.0. The SMILES string of the molecule is COc1cc2c(Oc3ccc(NC(=O)C4(C(=O)Nc5cccnc5)CC4)cc3F)ccnc2cc1OCC1(N)CC1. The number of carbonyl (C=O) groups is 2. The van der Waals surface area contributed by atoms with E-state index >= 15 is 4.39 Å². The highest BCUT2D eigenvalue weighted by Gasteiger charge is 2.56. The van der Waals surface area contributed by atoms with Crippen LogP contribution in [0.4, 0.5) is 15.8 Å². The van der Waals surface area contributed by atoms with Crippen LogP contribution in [0.15, 0.2) is 67.1 Å². The maximum atomic E-state index is 15.1. The highest BCUT2D eigenvalue weighted by molar-refractivity contribution is 6.16. The molecular formula is C30H28FN5O5. The van der Waals surface area contributed by atoms with Crippen LogP contribution in [0.2, 0.25) is 0 Å². The Hall–Kier alpha value is -4.77. The molecular weight excluding hydrogens is 529 g/mol. The third-order valence-corrected chi connectivity index (χ3v) is 7.34. The number of nitrogens with zero attached hydrogens (tertiary/aromatic N) is 2. The van der Waals surface area contributed by atoms with Gasteiger partial charge in [0.15, 0.2) is 23.1 Å². The number of methoxy groups -OCH3 is 1. The summed E-state index contributed by atoms with van der Waals surface area (Å²) < 4.78 is 32.5. The molecule has 2 aromatic heterocycles. The van der Waals surface area contributed by atoms with Crippen molar-refractivity contribution in [2.24, 2.45) is 11.1 Å². The molecule has 0 atom stereocenters. The average molecular weight is 558 g/mol. The van der Waals surface area contributed by atoms with Gasteiger partial charge in [0.1, 0.15) is 17.8 Å². The van der Waals surface area contributed by atoms with E-state index < -0.39 is 23.0 Å². The summed E-state index contributed by atoms with van der Waals surface area (Å²) in [4.78, 5) is 34.1. The van der Waals surface area contributed by atoms with Gasteiger partial charge in [-0.2, -0.15) is 0 Å². The number of anilines is 2. The number of carbonyl (C=O) groups excluding carboxylic acids is 2. The van der Waals surface area contributed by atoms with Crippen molar-refractivity contribution in [1.82, 2.24) is 9.97 Å². The molecule has 2 aromatic carbocycles. The van der Waals surface area contributed by atoms with Crippen molar-refractivity contribution < 1.29 is 28.2 Å². The highest BCUT2D eigenvalue weighted by atomic mass is 19.1. The van der Waals surface area contributed by atoms with Crippen LogP contribution in [-0.4, -0.2) is 41.0 Å². The van der Waals surface area contributed by atoms with Crippen molar-refractivity contribution in [3.63, 3.8) is 0 Å². The Kier molecular flexibility index (Phi) is 6.66. The van der Waals surface area contributed by atoms with E-state index in [1.807, 2.05) is 0 Å². The van der Waals surface area contributed by atoms with Crippen molar-refractivity contribution in [3.8, 4) is 23.0 Å². The zero-order chi connectivity index (χ0) is 28.6. The first-order valence-electron chi connectivity index (χ1n) is 13.2. The van der Waals surface area contributed by atoms with Crippen LogP contribution in [0.3, 0.4) is 0 Å². The second kappa shape index (κ2) is 10.3. The standard InChI is InChI=1S/C30H28FN5O5/c1-39-25-14-20-22(15-26(25)40-17-29(32)7-8-29)34-12-6-23(20)41-24-5-4-18(13-21(24)31)35-27(37)30(9-10-30)28(38)36-19-3-2-11-33-16-19/h2-6,11-16H,7-10,17,32H2,1H3,(H,35,37)(H,36,38). The molecule has 11 heteroatoms. The van der Waals surface area contributed by atoms with Gasteiger partial charge in [-0.3, -0.25) is 19.6 Å². The summed E-state index contributed by atoms with van der Waals surface area (Å²) in [6, 6.07) is 12.5. The zero-order valence-corrected chi connectivity index (χ0v) is 22.3. The molecule has 2 amide bonds. The highest BCUT2D eigenvalue weighted by Crippen LogP contribution is 2.47.